The van der Waals surface area contributed by atoms with Crippen LogP contribution < -0.4 is 10.1 Å². The van der Waals surface area contributed by atoms with Gasteiger partial charge >= 0.3 is 0 Å². The lowest BCUT2D eigenvalue weighted by atomic mass is 10.1. The van der Waals surface area contributed by atoms with Gasteiger partial charge in [0.1, 0.15) is 5.75 Å². The number of hydrogen-bond donors (Lipinski definition) is 1. The number of benzene rings is 1. The van der Waals surface area contributed by atoms with Crippen LogP contribution in [0.4, 0.5) is 0 Å². The van der Waals surface area contributed by atoms with E-state index in [-0.39, 0.29) is 0 Å². The Morgan fingerprint density at radius 2 is 1.89 bits per heavy atom. The summed E-state index contributed by atoms with van der Waals surface area (Å²) in [6.07, 6.45) is 1.05. The Labute approximate surface area is 112 Å². The molecule has 0 aromatic heterocycles. The minimum atomic E-state index is 0.715. The van der Waals surface area contributed by atoms with Gasteiger partial charge in [0.05, 0.1) is 6.61 Å². The van der Waals surface area contributed by atoms with Gasteiger partial charge in [0.25, 0.3) is 0 Å². The molecule has 0 heterocycles. The second-order valence-electron chi connectivity index (χ2n) is 5.50. The maximum atomic E-state index is 5.87. The molecule has 0 unspecified atom stereocenters. The summed E-state index contributed by atoms with van der Waals surface area (Å²) in [5, 5.41) is 3.43. The third-order valence-electron chi connectivity index (χ3n) is 3.07. The van der Waals surface area contributed by atoms with Gasteiger partial charge < -0.3 is 10.1 Å². The molecule has 0 saturated carbocycles. The van der Waals surface area contributed by atoms with Crippen LogP contribution in [0.3, 0.4) is 0 Å². The summed E-state index contributed by atoms with van der Waals surface area (Å²) in [5.74, 6) is 1.75. The highest BCUT2D eigenvalue weighted by Gasteiger charge is 2.03. The molecule has 2 heteroatoms. The Morgan fingerprint density at radius 3 is 2.56 bits per heavy atom. The zero-order valence-corrected chi connectivity index (χ0v) is 12.5. The quantitative estimate of drug-likeness (QED) is 0.745. The van der Waals surface area contributed by atoms with Gasteiger partial charge in [0, 0.05) is 0 Å². The molecule has 2 nitrogen and oxygen atoms in total. The predicted octanol–water partition coefficient (Wildman–Crippen LogP) is 3.63. The van der Waals surface area contributed by atoms with Gasteiger partial charge in [-0.05, 0) is 69.0 Å². The van der Waals surface area contributed by atoms with E-state index in [0.717, 1.165) is 31.9 Å². The summed E-state index contributed by atoms with van der Waals surface area (Å²) < 4.78 is 5.87. The summed E-state index contributed by atoms with van der Waals surface area (Å²) in [6.45, 7) is 13.7. The molecule has 1 rings (SSSR count). The fourth-order valence-corrected chi connectivity index (χ4v) is 1.92. The Hall–Kier alpha value is -1.02. The van der Waals surface area contributed by atoms with E-state index in [0.29, 0.717) is 5.92 Å². The van der Waals surface area contributed by atoms with Crippen molar-refractivity contribution in [2.24, 2.45) is 5.92 Å². The van der Waals surface area contributed by atoms with Crippen LogP contribution in [-0.2, 0) is 0 Å². The van der Waals surface area contributed by atoms with Crippen LogP contribution in [-0.4, -0.2) is 19.7 Å². The van der Waals surface area contributed by atoms with Crippen molar-refractivity contribution in [1.29, 1.82) is 0 Å². The van der Waals surface area contributed by atoms with Crippen LogP contribution in [0.5, 0.6) is 5.75 Å². The van der Waals surface area contributed by atoms with Crippen molar-refractivity contribution < 1.29 is 4.74 Å². The second-order valence-corrected chi connectivity index (χ2v) is 5.50. The summed E-state index contributed by atoms with van der Waals surface area (Å²) in [5.41, 5.74) is 3.84. The van der Waals surface area contributed by atoms with Crippen molar-refractivity contribution in [3.8, 4) is 5.75 Å². The van der Waals surface area contributed by atoms with Crippen LogP contribution in [0, 0.1) is 26.7 Å². The van der Waals surface area contributed by atoms with Crippen molar-refractivity contribution in [1.82, 2.24) is 5.32 Å². The third kappa shape index (κ3) is 5.09. The van der Waals surface area contributed by atoms with E-state index in [1.54, 1.807) is 0 Å². The Kier molecular flexibility index (Phi) is 6.20. The lowest BCUT2D eigenvalue weighted by Gasteiger charge is -2.13. The number of nitrogens with one attached hydrogen (secondary N) is 1. The summed E-state index contributed by atoms with van der Waals surface area (Å²) in [7, 11) is 0. The normalized spacial score (nSPS) is 11.0. The van der Waals surface area contributed by atoms with Crippen LogP contribution in [0.2, 0.25) is 0 Å². The molecule has 0 atom stereocenters. The van der Waals surface area contributed by atoms with Crippen LogP contribution in [0.1, 0.15) is 37.0 Å². The summed E-state index contributed by atoms with van der Waals surface area (Å²) >= 11 is 0. The molecular weight excluding hydrogens is 222 g/mol. The molecule has 0 saturated heterocycles. The third-order valence-corrected chi connectivity index (χ3v) is 3.07. The SMILES string of the molecule is Cc1cc(C)c(C)c(OCCCNCC(C)C)c1. The standard InChI is InChI=1S/C16H27NO/c1-12(2)11-17-7-6-8-18-16-10-13(3)9-14(4)15(16)5/h9-10,12,17H,6-8,11H2,1-5H3. The van der Waals surface area contributed by atoms with E-state index in [9.17, 15) is 0 Å². The minimum Gasteiger partial charge on any atom is -0.493 e. The molecule has 1 aromatic rings. The second kappa shape index (κ2) is 7.42. The van der Waals surface area contributed by atoms with Gasteiger partial charge in [-0.25, -0.2) is 0 Å². The molecule has 1 N–H and O–H groups in total. The van der Waals surface area contributed by atoms with Gasteiger partial charge in [0.2, 0.25) is 0 Å². The number of aryl methyl sites for hydroxylation is 2. The maximum absolute atomic E-state index is 5.87. The zero-order valence-electron chi connectivity index (χ0n) is 12.5. The molecular formula is C16H27NO. The van der Waals surface area contributed by atoms with Crippen molar-refractivity contribution in [2.45, 2.75) is 41.0 Å². The lowest BCUT2D eigenvalue weighted by Crippen LogP contribution is -2.22. The first-order chi connectivity index (χ1) is 8.50. The zero-order chi connectivity index (χ0) is 13.5. The smallest absolute Gasteiger partial charge is 0.122 e. The number of ether oxygens (including phenoxy) is 1. The molecule has 1 aromatic carbocycles. The van der Waals surface area contributed by atoms with E-state index in [1.807, 2.05) is 0 Å². The number of hydrogen-bond acceptors (Lipinski definition) is 2. The fourth-order valence-electron chi connectivity index (χ4n) is 1.92. The molecule has 0 fully saturated rings. The number of rotatable bonds is 7. The van der Waals surface area contributed by atoms with Crippen molar-refractivity contribution in [3.63, 3.8) is 0 Å². The first-order valence-corrected chi connectivity index (χ1v) is 6.92. The average molecular weight is 249 g/mol. The Morgan fingerprint density at radius 1 is 1.17 bits per heavy atom. The highest BCUT2D eigenvalue weighted by molar-refractivity contribution is 5.41. The lowest BCUT2D eigenvalue weighted by molar-refractivity contribution is 0.304. The molecule has 0 bridgehead atoms. The molecule has 18 heavy (non-hydrogen) atoms. The van der Waals surface area contributed by atoms with Gasteiger partial charge in [-0.3, -0.25) is 0 Å². The molecule has 0 aliphatic carbocycles. The summed E-state index contributed by atoms with van der Waals surface area (Å²) in [4.78, 5) is 0. The van der Waals surface area contributed by atoms with E-state index >= 15 is 0 Å². The highest BCUT2D eigenvalue weighted by atomic mass is 16.5. The van der Waals surface area contributed by atoms with E-state index in [4.69, 9.17) is 4.74 Å². The van der Waals surface area contributed by atoms with Gasteiger partial charge in [0.15, 0.2) is 0 Å². The maximum Gasteiger partial charge on any atom is 0.122 e. The topological polar surface area (TPSA) is 21.3 Å². The highest BCUT2D eigenvalue weighted by Crippen LogP contribution is 2.23. The van der Waals surface area contributed by atoms with Gasteiger partial charge in [-0.15, -0.1) is 0 Å². The first-order valence-electron chi connectivity index (χ1n) is 6.92. The van der Waals surface area contributed by atoms with Crippen molar-refractivity contribution >= 4 is 0 Å². The average Bonchev–Trinajstić information content (AvgIpc) is 2.29. The molecule has 0 aliphatic rings. The van der Waals surface area contributed by atoms with E-state index in [1.165, 1.54) is 16.7 Å². The molecule has 102 valence electrons. The molecule has 0 amide bonds. The van der Waals surface area contributed by atoms with Crippen molar-refractivity contribution in [3.05, 3.63) is 28.8 Å². The Balaban J connectivity index is 2.31. The molecule has 0 spiro atoms. The fraction of sp³-hybridized carbons (Fsp3) is 0.625. The van der Waals surface area contributed by atoms with Crippen molar-refractivity contribution in [2.75, 3.05) is 19.7 Å². The van der Waals surface area contributed by atoms with Crippen LogP contribution >= 0.6 is 0 Å². The van der Waals surface area contributed by atoms with Gasteiger partial charge in [-0.2, -0.15) is 0 Å². The van der Waals surface area contributed by atoms with E-state index in [2.05, 4.69) is 52.1 Å². The molecule has 0 radical (unpaired) electrons. The van der Waals surface area contributed by atoms with E-state index < -0.39 is 0 Å². The van der Waals surface area contributed by atoms with Crippen LogP contribution in [0.25, 0.3) is 0 Å². The minimum absolute atomic E-state index is 0.715. The van der Waals surface area contributed by atoms with Crippen LogP contribution in [0.15, 0.2) is 12.1 Å². The molecule has 0 aliphatic heterocycles. The largest absolute Gasteiger partial charge is 0.493 e. The predicted molar refractivity (Wildman–Crippen MR) is 78.5 cm³/mol. The summed E-state index contributed by atoms with van der Waals surface area (Å²) in [6, 6.07) is 4.33. The Bertz CT molecular complexity index is 372. The monoisotopic (exact) mass is 249 g/mol. The first kappa shape index (κ1) is 15.0. The van der Waals surface area contributed by atoms with Gasteiger partial charge in [-0.1, -0.05) is 19.9 Å².